The van der Waals surface area contributed by atoms with E-state index in [1.165, 1.54) is 11.3 Å². The van der Waals surface area contributed by atoms with Gasteiger partial charge in [0, 0.05) is 5.69 Å². The lowest BCUT2D eigenvalue weighted by atomic mass is 10.1. The lowest BCUT2D eigenvalue weighted by Gasteiger charge is -2.09. The predicted octanol–water partition coefficient (Wildman–Crippen LogP) is 2.94. The molecule has 4 nitrogen and oxygen atoms in total. The first-order valence-corrected chi connectivity index (χ1v) is 6.61. The number of carbonyl (C=O) groups is 2. The van der Waals surface area contributed by atoms with Gasteiger partial charge in [0.15, 0.2) is 0 Å². The second-order valence-corrected chi connectivity index (χ2v) is 5.03. The molecule has 1 amide bonds. The molecule has 0 aliphatic heterocycles. The average molecular weight is 275 g/mol. The number of benzene rings is 1. The molecular weight excluding hydrogens is 262 g/mol. The molecule has 0 spiro atoms. The first-order chi connectivity index (χ1) is 9.08. The van der Waals surface area contributed by atoms with Crippen LogP contribution >= 0.6 is 11.3 Å². The second-order valence-electron chi connectivity index (χ2n) is 4.11. The Bertz CT molecular complexity index is 619. The van der Waals surface area contributed by atoms with E-state index in [0.717, 1.165) is 5.56 Å². The maximum atomic E-state index is 12.1. The molecule has 0 aliphatic carbocycles. The monoisotopic (exact) mass is 275 g/mol. The Morgan fingerprint density at radius 3 is 2.63 bits per heavy atom. The number of amides is 1. The van der Waals surface area contributed by atoms with Gasteiger partial charge < -0.3 is 10.4 Å². The summed E-state index contributed by atoms with van der Waals surface area (Å²) in [7, 11) is 0. The van der Waals surface area contributed by atoms with Crippen LogP contribution in [0, 0.1) is 6.92 Å². The van der Waals surface area contributed by atoms with E-state index in [-0.39, 0.29) is 12.3 Å². The van der Waals surface area contributed by atoms with E-state index < -0.39 is 5.97 Å². The zero-order chi connectivity index (χ0) is 13.8. The lowest BCUT2D eigenvalue weighted by molar-refractivity contribution is -0.136. The third kappa shape index (κ3) is 3.20. The minimum atomic E-state index is -0.922. The van der Waals surface area contributed by atoms with Gasteiger partial charge in [-0.3, -0.25) is 9.59 Å². The molecule has 1 aromatic heterocycles. The Labute approximate surface area is 114 Å². The molecule has 0 aliphatic rings. The molecule has 0 saturated carbocycles. The number of para-hydroxylation sites is 1. The Hall–Kier alpha value is -2.14. The number of aliphatic carboxylic acids is 1. The summed E-state index contributed by atoms with van der Waals surface area (Å²) in [4.78, 5) is 23.5. The highest BCUT2D eigenvalue weighted by molar-refractivity contribution is 7.12. The molecular formula is C14H13NO3S. The summed E-state index contributed by atoms with van der Waals surface area (Å²) in [5, 5.41) is 13.5. The quantitative estimate of drug-likeness (QED) is 0.901. The van der Waals surface area contributed by atoms with E-state index in [0.29, 0.717) is 16.1 Å². The van der Waals surface area contributed by atoms with Crippen molar-refractivity contribution in [3.8, 4) is 0 Å². The summed E-state index contributed by atoms with van der Waals surface area (Å²) in [6.45, 7) is 1.87. The number of rotatable bonds is 4. The highest BCUT2D eigenvalue weighted by Gasteiger charge is 2.13. The molecule has 19 heavy (non-hydrogen) atoms. The van der Waals surface area contributed by atoms with Crippen LogP contribution in [-0.4, -0.2) is 17.0 Å². The van der Waals surface area contributed by atoms with Crippen molar-refractivity contribution in [3.05, 3.63) is 51.7 Å². The van der Waals surface area contributed by atoms with Gasteiger partial charge >= 0.3 is 5.97 Å². The highest BCUT2D eigenvalue weighted by Crippen LogP contribution is 2.20. The maximum absolute atomic E-state index is 12.1. The van der Waals surface area contributed by atoms with Gasteiger partial charge in [0.2, 0.25) is 0 Å². The van der Waals surface area contributed by atoms with Crippen molar-refractivity contribution in [2.45, 2.75) is 13.3 Å². The number of carbonyl (C=O) groups excluding carboxylic acids is 1. The Morgan fingerprint density at radius 1 is 1.26 bits per heavy atom. The molecule has 0 saturated heterocycles. The molecule has 0 fully saturated rings. The Balaban J connectivity index is 2.22. The fourth-order valence-electron chi connectivity index (χ4n) is 1.74. The van der Waals surface area contributed by atoms with Crippen molar-refractivity contribution in [1.29, 1.82) is 0 Å². The van der Waals surface area contributed by atoms with E-state index in [1.807, 2.05) is 18.4 Å². The molecule has 0 atom stereocenters. The van der Waals surface area contributed by atoms with Crippen LogP contribution < -0.4 is 5.32 Å². The van der Waals surface area contributed by atoms with Crippen LogP contribution in [0.15, 0.2) is 35.7 Å². The zero-order valence-electron chi connectivity index (χ0n) is 10.3. The second kappa shape index (κ2) is 5.67. The first kappa shape index (κ1) is 13.3. The van der Waals surface area contributed by atoms with Gasteiger partial charge in [-0.05, 0) is 35.6 Å². The van der Waals surface area contributed by atoms with Crippen LogP contribution in [0.25, 0.3) is 0 Å². The maximum Gasteiger partial charge on any atom is 0.307 e. The van der Waals surface area contributed by atoms with Gasteiger partial charge in [-0.2, -0.15) is 0 Å². The lowest BCUT2D eigenvalue weighted by Crippen LogP contribution is -2.14. The number of anilines is 1. The van der Waals surface area contributed by atoms with E-state index in [1.54, 1.807) is 24.3 Å². The van der Waals surface area contributed by atoms with Crippen LogP contribution in [0.5, 0.6) is 0 Å². The standard InChI is InChI=1S/C14H13NO3S/c1-9-6-7-19-13(9)14(18)15-11-5-3-2-4-10(11)8-12(16)17/h2-7H,8H2,1H3,(H,15,18)(H,16,17). The van der Waals surface area contributed by atoms with Crippen LogP contribution in [0.1, 0.15) is 20.8 Å². The van der Waals surface area contributed by atoms with Crippen LogP contribution in [0.4, 0.5) is 5.69 Å². The number of hydrogen-bond donors (Lipinski definition) is 2. The van der Waals surface area contributed by atoms with E-state index in [2.05, 4.69) is 5.32 Å². The summed E-state index contributed by atoms with van der Waals surface area (Å²) >= 11 is 1.37. The van der Waals surface area contributed by atoms with Gasteiger partial charge in [0.1, 0.15) is 0 Å². The van der Waals surface area contributed by atoms with Gasteiger partial charge in [0.25, 0.3) is 5.91 Å². The molecule has 1 heterocycles. The Morgan fingerprint density at radius 2 is 2.00 bits per heavy atom. The van der Waals surface area contributed by atoms with Crippen molar-refractivity contribution < 1.29 is 14.7 Å². The molecule has 98 valence electrons. The van der Waals surface area contributed by atoms with E-state index in [4.69, 9.17) is 5.11 Å². The zero-order valence-corrected chi connectivity index (χ0v) is 11.2. The van der Waals surface area contributed by atoms with Crippen LogP contribution in [0.2, 0.25) is 0 Å². The van der Waals surface area contributed by atoms with Crippen molar-refractivity contribution in [2.24, 2.45) is 0 Å². The number of aryl methyl sites for hydroxylation is 1. The molecule has 2 N–H and O–H groups in total. The van der Waals surface area contributed by atoms with Gasteiger partial charge in [-0.25, -0.2) is 0 Å². The fourth-order valence-corrected chi connectivity index (χ4v) is 2.56. The number of hydrogen-bond acceptors (Lipinski definition) is 3. The molecule has 5 heteroatoms. The van der Waals surface area contributed by atoms with Crippen molar-refractivity contribution in [1.82, 2.24) is 0 Å². The largest absolute Gasteiger partial charge is 0.481 e. The first-order valence-electron chi connectivity index (χ1n) is 5.73. The third-order valence-corrected chi connectivity index (χ3v) is 3.69. The summed E-state index contributed by atoms with van der Waals surface area (Å²) in [6, 6.07) is 8.80. The fraction of sp³-hybridized carbons (Fsp3) is 0.143. The SMILES string of the molecule is Cc1ccsc1C(=O)Nc1ccccc1CC(=O)O. The summed E-state index contributed by atoms with van der Waals surface area (Å²) in [5.74, 6) is -1.13. The average Bonchev–Trinajstić information content (AvgIpc) is 2.77. The van der Waals surface area contributed by atoms with E-state index in [9.17, 15) is 9.59 Å². The van der Waals surface area contributed by atoms with Crippen LogP contribution in [0.3, 0.4) is 0 Å². The minimum Gasteiger partial charge on any atom is -0.481 e. The predicted molar refractivity (Wildman–Crippen MR) is 74.8 cm³/mol. The molecule has 2 aromatic rings. The van der Waals surface area contributed by atoms with Crippen molar-refractivity contribution in [3.63, 3.8) is 0 Å². The van der Waals surface area contributed by atoms with Crippen molar-refractivity contribution >= 4 is 28.9 Å². The molecule has 1 aromatic carbocycles. The number of thiophene rings is 1. The normalized spacial score (nSPS) is 10.2. The summed E-state index contributed by atoms with van der Waals surface area (Å²) < 4.78 is 0. The number of nitrogens with one attached hydrogen (secondary N) is 1. The molecule has 0 radical (unpaired) electrons. The highest BCUT2D eigenvalue weighted by atomic mass is 32.1. The summed E-state index contributed by atoms with van der Waals surface area (Å²) in [6.07, 6.45) is -0.111. The van der Waals surface area contributed by atoms with E-state index >= 15 is 0 Å². The minimum absolute atomic E-state index is 0.111. The molecule has 0 bridgehead atoms. The van der Waals surface area contributed by atoms with Crippen LogP contribution in [-0.2, 0) is 11.2 Å². The topological polar surface area (TPSA) is 66.4 Å². The Kier molecular flexibility index (Phi) is 3.97. The third-order valence-electron chi connectivity index (χ3n) is 2.68. The number of carboxylic acid groups (broad SMARTS) is 1. The smallest absolute Gasteiger partial charge is 0.307 e. The van der Waals surface area contributed by atoms with Gasteiger partial charge in [-0.15, -0.1) is 11.3 Å². The molecule has 0 unspecified atom stereocenters. The van der Waals surface area contributed by atoms with Gasteiger partial charge in [0.05, 0.1) is 11.3 Å². The summed E-state index contributed by atoms with van der Waals surface area (Å²) in [5.41, 5.74) is 2.05. The van der Waals surface area contributed by atoms with Crippen molar-refractivity contribution in [2.75, 3.05) is 5.32 Å². The number of carboxylic acids is 1. The molecule has 2 rings (SSSR count). The van der Waals surface area contributed by atoms with Gasteiger partial charge in [-0.1, -0.05) is 18.2 Å².